The van der Waals surface area contributed by atoms with Crippen LogP contribution in [0.3, 0.4) is 0 Å². The standard InChI is InChI=1S/C23H29N3O4/c1-16(2)14-26(23(29)18-7-5-17(3)6-8-18)15-22(28)24-13-21(27)25-19-9-11-20(30-4)12-10-19/h5-12,16H,13-15H2,1-4H3,(H,24,28)(H,25,27). The fraction of sp³-hybridized carbons (Fsp3) is 0.348. The van der Waals surface area contributed by atoms with Crippen molar-refractivity contribution in [2.45, 2.75) is 20.8 Å². The number of ether oxygens (including phenoxy) is 1. The van der Waals surface area contributed by atoms with Crippen LogP contribution in [0, 0.1) is 12.8 Å². The molecule has 0 saturated heterocycles. The Morgan fingerprint density at radius 3 is 2.17 bits per heavy atom. The van der Waals surface area contributed by atoms with E-state index in [-0.39, 0.29) is 36.7 Å². The maximum atomic E-state index is 12.8. The van der Waals surface area contributed by atoms with Gasteiger partial charge in [0.1, 0.15) is 5.75 Å². The Morgan fingerprint density at radius 2 is 1.60 bits per heavy atom. The van der Waals surface area contributed by atoms with Gasteiger partial charge in [-0.25, -0.2) is 0 Å². The highest BCUT2D eigenvalue weighted by atomic mass is 16.5. The predicted molar refractivity (Wildman–Crippen MR) is 117 cm³/mol. The third-order valence-corrected chi connectivity index (χ3v) is 4.33. The van der Waals surface area contributed by atoms with Gasteiger partial charge in [-0.05, 0) is 49.2 Å². The smallest absolute Gasteiger partial charge is 0.254 e. The molecule has 0 bridgehead atoms. The molecular formula is C23H29N3O4. The molecule has 7 heteroatoms. The molecule has 0 heterocycles. The van der Waals surface area contributed by atoms with Gasteiger partial charge in [-0.15, -0.1) is 0 Å². The maximum absolute atomic E-state index is 12.8. The lowest BCUT2D eigenvalue weighted by Gasteiger charge is -2.24. The van der Waals surface area contributed by atoms with Gasteiger partial charge in [0, 0.05) is 17.8 Å². The van der Waals surface area contributed by atoms with Crippen LogP contribution >= 0.6 is 0 Å². The summed E-state index contributed by atoms with van der Waals surface area (Å²) in [4.78, 5) is 38.8. The molecule has 0 atom stereocenters. The molecule has 0 fully saturated rings. The topological polar surface area (TPSA) is 87.7 Å². The van der Waals surface area contributed by atoms with Crippen molar-refractivity contribution in [1.82, 2.24) is 10.2 Å². The monoisotopic (exact) mass is 411 g/mol. The summed E-state index contributed by atoms with van der Waals surface area (Å²) < 4.78 is 5.07. The molecular weight excluding hydrogens is 382 g/mol. The normalized spacial score (nSPS) is 10.4. The average Bonchev–Trinajstić information content (AvgIpc) is 2.72. The number of rotatable bonds is 9. The number of amides is 3. The van der Waals surface area contributed by atoms with Gasteiger partial charge < -0.3 is 20.3 Å². The van der Waals surface area contributed by atoms with E-state index in [1.54, 1.807) is 43.5 Å². The van der Waals surface area contributed by atoms with Crippen molar-refractivity contribution in [2.75, 3.05) is 32.1 Å². The Balaban J connectivity index is 1.90. The van der Waals surface area contributed by atoms with Crippen LogP contribution in [-0.4, -0.2) is 49.4 Å². The molecule has 3 amide bonds. The molecule has 0 aromatic heterocycles. The van der Waals surface area contributed by atoms with Crippen molar-refractivity contribution in [3.05, 3.63) is 59.7 Å². The van der Waals surface area contributed by atoms with E-state index in [2.05, 4.69) is 10.6 Å². The Hall–Kier alpha value is -3.35. The number of methoxy groups -OCH3 is 1. The van der Waals surface area contributed by atoms with E-state index in [4.69, 9.17) is 4.74 Å². The van der Waals surface area contributed by atoms with Crippen molar-refractivity contribution in [2.24, 2.45) is 5.92 Å². The molecule has 0 aliphatic rings. The molecule has 2 rings (SSSR count). The first-order valence-electron chi connectivity index (χ1n) is 9.85. The van der Waals surface area contributed by atoms with Crippen LogP contribution < -0.4 is 15.4 Å². The van der Waals surface area contributed by atoms with Gasteiger partial charge in [0.15, 0.2) is 0 Å². The van der Waals surface area contributed by atoms with Gasteiger partial charge in [-0.3, -0.25) is 14.4 Å². The van der Waals surface area contributed by atoms with Gasteiger partial charge >= 0.3 is 0 Å². The van der Waals surface area contributed by atoms with Crippen LogP contribution in [0.15, 0.2) is 48.5 Å². The quantitative estimate of drug-likeness (QED) is 0.664. The van der Waals surface area contributed by atoms with Crippen molar-refractivity contribution in [3.8, 4) is 5.75 Å². The zero-order valence-corrected chi connectivity index (χ0v) is 17.9. The molecule has 2 N–H and O–H groups in total. The molecule has 0 spiro atoms. The number of anilines is 1. The van der Waals surface area contributed by atoms with E-state index >= 15 is 0 Å². The summed E-state index contributed by atoms with van der Waals surface area (Å²) in [6.07, 6.45) is 0. The van der Waals surface area contributed by atoms with Crippen molar-refractivity contribution >= 4 is 23.4 Å². The van der Waals surface area contributed by atoms with Crippen molar-refractivity contribution in [3.63, 3.8) is 0 Å². The number of hydrogen-bond acceptors (Lipinski definition) is 4. The molecule has 2 aromatic carbocycles. The summed E-state index contributed by atoms with van der Waals surface area (Å²) in [7, 11) is 1.56. The summed E-state index contributed by atoms with van der Waals surface area (Å²) in [6, 6.07) is 14.1. The second-order valence-electron chi connectivity index (χ2n) is 7.50. The molecule has 0 aliphatic carbocycles. The molecule has 160 valence electrons. The Morgan fingerprint density at radius 1 is 0.967 bits per heavy atom. The van der Waals surface area contributed by atoms with Crippen molar-refractivity contribution < 1.29 is 19.1 Å². The summed E-state index contributed by atoms with van der Waals surface area (Å²) in [6.45, 7) is 6.06. The minimum Gasteiger partial charge on any atom is -0.497 e. The van der Waals surface area contributed by atoms with Crippen LogP contribution in [-0.2, 0) is 9.59 Å². The van der Waals surface area contributed by atoms with E-state index in [1.807, 2.05) is 32.9 Å². The lowest BCUT2D eigenvalue weighted by atomic mass is 10.1. The second-order valence-corrected chi connectivity index (χ2v) is 7.50. The maximum Gasteiger partial charge on any atom is 0.254 e. The van der Waals surface area contributed by atoms with E-state index < -0.39 is 0 Å². The first-order chi connectivity index (χ1) is 14.3. The number of aryl methyl sites for hydroxylation is 1. The molecule has 7 nitrogen and oxygen atoms in total. The summed E-state index contributed by atoms with van der Waals surface area (Å²) in [5.41, 5.74) is 2.19. The van der Waals surface area contributed by atoms with Crippen LogP contribution in [0.4, 0.5) is 5.69 Å². The first-order valence-corrected chi connectivity index (χ1v) is 9.85. The zero-order chi connectivity index (χ0) is 22.1. The minimum absolute atomic E-state index is 0.110. The third kappa shape index (κ3) is 7.24. The Bertz CT molecular complexity index is 861. The van der Waals surface area contributed by atoms with Crippen LogP contribution in [0.1, 0.15) is 29.8 Å². The third-order valence-electron chi connectivity index (χ3n) is 4.33. The molecule has 0 radical (unpaired) electrons. The highest BCUT2D eigenvalue weighted by molar-refractivity contribution is 5.98. The van der Waals surface area contributed by atoms with Gasteiger partial charge in [-0.1, -0.05) is 31.5 Å². The molecule has 2 aromatic rings. The highest BCUT2D eigenvalue weighted by Crippen LogP contribution is 2.14. The number of nitrogens with one attached hydrogen (secondary N) is 2. The molecule has 0 saturated carbocycles. The van der Waals surface area contributed by atoms with Gasteiger partial charge in [0.2, 0.25) is 11.8 Å². The SMILES string of the molecule is COc1ccc(NC(=O)CNC(=O)CN(CC(C)C)C(=O)c2ccc(C)cc2)cc1. The number of nitrogens with zero attached hydrogens (tertiary/aromatic N) is 1. The summed E-state index contributed by atoms with van der Waals surface area (Å²) in [5, 5.41) is 5.27. The highest BCUT2D eigenvalue weighted by Gasteiger charge is 2.20. The van der Waals surface area contributed by atoms with E-state index in [0.717, 1.165) is 5.56 Å². The minimum atomic E-state index is -0.388. The lowest BCUT2D eigenvalue weighted by Crippen LogP contribution is -2.44. The summed E-state index contributed by atoms with van der Waals surface area (Å²) >= 11 is 0. The van der Waals surface area contributed by atoms with Crippen molar-refractivity contribution in [1.29, 1.82) is 0 Å². The molecule has 0 aliphatic heterocycles. The van der Waals surface area contributed by atoms with Crippen LogP contribution in [0.25, 0.3) is 0 Å². The van der Waals surface area contributed by atoms with Gasteiger partial charge in [0.25, 0.3) is 5.91 Å². The average molecular weight is 412 g/mol. The lowest BCUT2D eigenvalue weighted by molar-refractivity contribution is -0.124. The van der Waals surface area contributed by atoms with Crippen LogP contribution in [0.5, 0.6) is 5.75 Å². The largest absolute Gasteiger partial charge is 0.497 e. The number of carbonyl (C=O) groups is 3. The number of hydrogen-bond donors (Lipinski definition) is 2. The Labute approximate surface area is 177 Å². The second kappa shape index (κ2) is 11.0. The molecule has 30 heavy (non-hydrogen) atoms. The fourth-order valence-corrected chi connectivity index (χ4v) is 2.83. The van der Waals surface area contributed by atoms with E-state index in [0.29, 0.717) is 23.5 Å². The molecule has 0 unspecified atom stereocenters. The number of benzene rings is 2. The van der Waals surface area contributed by atoms with E-state index in [1.165, 1.54) is 4.90 Å². The number of carbonyl (C=O) groups excluding carboxylic acids is 3. The zero-order valence-electron chi connectivity index (χ0n) is 17.9. The van der Waals surface area contributed by atoms with Crippen LogP contribution in [0.2, 0.25) is 0 Å². The first kappa shape index (κ1) is 22.9. The van der Waals surface area contributed by atoms with E-state index in [9.17, 15) is 14.4 Å². The summed E-state index contributed by atoms with van der Waals surface area (Å²) in [5.74, 6) is -0.0633. The van der Waals surface area contributed by atoms with Gasteiger partial charge in [0.05, 0.1) is 20.2 Å². The van der Waals surface area contributed by atoms with Gasteiger partial charge in [-0.2, -0.15) is 0 Å². The predicted octanol–water partition coefficient (Wildman–Crippen LogP) is 2.86. The Kier molecular flexibility index (Phi) is 8.41. The fourth-order valence-electron chi connectivity index (χ4n) is 2.83.